The summed E-state index contributed by atoms with van der Waals surface area (Å²) in [5, 5.41) is 1.68. The molecular formula is C12H10BrNO. The molecule has 76 valence electrons. The third kappa shape index (κ3) is 1.79. The van der Waals surface area contributed by atoms with Crippen LogP contribution >= 0.6 is 15.9 Å². The number of nitrogens with zero attached hydrogens (tertiary/aromatic N) is 1. The molecule has 0 spiro atoms. The first-order chi connectivity index (χ1) is 7.24. The zero-order valence-electron chi connectivity index (χ0n) is 8.33. The predicted molar refractivity (Wildman–Crippen MR) is 64.4 cm³/mol. The largest absolute Gasteiger partial charge is 0.294 e. The van der Waals surface area contributed by atoms with Gasteiger partial charge in [-0.1, -0.05) is 34.1 Å². The number of hydrogen-bond acceptors (Lipinski definition) is 2. The van der Waals surface area contributed by atoms with Crippen LogP contribution in [0.3, 0.4) is 0 Å². The topological polar surface area (TPSA) is 30.0 Å². The van der Waals surface area contributed by atoms with Gasteiger partial charge in [-0.2, -0.15) is 0 Å². The number of aromatic nitrogens is 1. The summed E-state index contributed by atoms with van der Waals surface area (Å²) in [4.78, 5) is 15.7. The highest BCUT2D eigenvalue weighted by Crippen LogP contribution is 2.22. The fraction of sp³-hybridized carbons (Fsp3) is 0.167. The van der Waals surface area contributed by atoms with Gasteiger partial charge in [-0.05, 0) is 18.6 Å². The van der Waals surface area contributed by atoms with Gasteiger partial charge in [0.15, 0.2) is 5.78 Å². The molecule has 2 nitrogen and oxygen atoms in total. The first-order valence-electron chi connectivity index (χ1n) is 4.67. The maximum Gasteiger partial charge on any atom is 0.160 e. The van der Waals surface area contributed by atoms with Gasteiger partial charge in [0, 0.05) is 22.5 Å². The van der Waals surface area contributed by atoms with E-state index in [4.69, 9.17) is 0 Å². The first-order valence-corrected chi connectivity index (χ1v) is 5.79. The molecule has 0 aliphatic carbocycles. The van der Waals surface area contributed by atoms with E-state index in [1.165, 1.54) is 0 Å². The average molecular weight is 264 g/mol. The van der Waals surface area contributed by atoms with Crippen molar-refractivity contribution in [2.24, 2.45) is 0 Å². The summed E-state index contributed by atoms with van der Waals surface area (Å²) in [5.41, 5.74) is 2.75. The van der Waals surface area contributed by atoms with E-state index in [0.717, 1.165) is 27.4 Å². The Bertz CT molecular complexity index is 522. The van der Waals surface area contributed by atoms with Crippen LogP contribution in [0.4, 0.5) is 0 Å². The van der Waals surface area contributed by atoms with Gasteiger partial charge >= 0.3 is 0 Å². The highest BCUT2D eigenvalue weighted by Gasteiger charge is 2.08. The molecule has 0 saturated carbocycles. The lowest BCUT2D eigenvalue weighted by atomic mass is 10.0. The van der Waals surface area contributed by atoms with Crippen molar-refractivity contribution >= 4 is 32.6 Å². The van der Waals surface area contributed by atoms with Crippen molar-refractivity contribution in [3.63, 3.8) is 0 Å². The molecule has 0 N–H and O–H groups in total. The van der Waals surface area contributed by atoms with Gasteiger partial charge in [-0.25, -0.2) is 0 Å². The Morgan fingerprint density at radius 3 is 2.87 bits per heavy atom. The smallest absolute Gasteiger partial charge is 0.160 e. The molecule has 0 unspecified atom stereocenters. The molecule has 0 aliphatic heterocycles. The van der Waals surface area contributed by atoms with Gasteiger partial charge in [0.1, 0.15) is 0 Å². The van der Waals surface area contributed by atoms with Crippen LogP contribution < -0.4 is 0 Å². The van der Waals surface area contributed by atoms with Crippen LogP contribution in [-0.2, 0) is 5.33 Å². The van der Waals surface area contributed by atoms with Gasteiger partial charge in [-0.3, -0.25) is 9.78 Å². The summed E-state index contributed by atoms with van der Waals surface area (Å²) in [6.07, 6.45) is 1.75. The molecule has 0 amide bonds. The molecule has 0 fully saturated rings. The maximum atomic E-state index is 11.4. The van der Waals surface area contributed by atoms with Crippen molar-refractivity contribution in [3.8, 4) is 0 Å². The molecule has 15 heavy (non-hydrogen) atoms. The van der Waals surface area contributed by atoms with Crippen LogP contribution in [0.15, 0.2) is 30.5 Å². The third-order valence-electron chi connectivity index (χ3n) is 2.38. The van der Waals surface area contributed by atoms with Gasteiger partial charge in [0.25, 0.3) is 0 Å². The number of carbonyl (C=O) groups is 1. The minimum atomic E-state index is 0.0779. The van der Waals surface area contributed by atoms with E-state index < -0.39 is 0 Å². The number of hydrogen-bond donors (Lipinski definition) is 0. The van der Waals surface area contributed by atoms with E-state index in [0.29, 0.717) is 0 Å². The number of ketones is 1. The average Bonchev–Trinajstić information content (AvgIpc) is 2.27. The summed E-state index contributed by atoms with van der Waals surface area (Å²) < 4.78 is 0. The van der Waals surface area contributed by atoms with E-state index in [9.17, 15) is 4.79 Å². The fourth-order valence-corrected chi connectivity index (χ4v) is 2.10. The van der Waals surface area contributed by atoms with Crippen molar-refractivity contribution in [2.45, 2.75) is 12.3 Å². The number of pyridine rings is 1. The van der Waals surface area contributed by atoms with Crippen LogP contribution in [0.2, 0.25) is 0 Å². The fourth-order valence-electron chi connectivity index (χ4n) is 1.65. The summed E-state index contributed by atoms with van der Waals surface area (Å²) in [7, 11) is 0. The van der Waals surface area contributed by atoms with Crippen molar-refractivity contribution in [1.29, 1.82) is 0 Å². The zero-order chi connectivity index (χ0) is 10.8. The Kier molecular flexibility index (Phi) is 2.82. The van der Waals surface area contributed by atoms with Gasteiger partial charge in [-0.15, -0.1) is 0 Å². The molecule has 1 aromatic carbocycles. The lowest BCUT2D eigenvalue weighted by Crippen LogP contribution is -1.96. The molecule has 0 radical (unpaired) electrons. The van der Waals surface area contributed by atoms with Gasteiger partial charge < -0.3 is 0 Å². The Hall–Kier alpha value is -1.22. The quantitative estimate of drug-likeness (QED) is 0.615. The van der Waals surface area contributed by atoms with E-state index in [2.05, 4.69) is 20.9 Å². The maximum absolute atomic E-state index is 11.4. The highest BCUT2D eigenvalue weighted by atomic mass is 79.9. The second kappa shape index (κ2) is 4.11. The highest BCUT2D eigenvalue weighted by molar-refractivity contribution is 9.08. The molecule has 1 heterocycles. The Labute approximate surface area is 96.5 Å². The van der Waals surface area contributed by atoms with Crippen molar-refractivity contribution in [2.75, 3.05) is 0 Å². The van der Waals surface area contributed by atoms with Crippen molar-refractivity contribution in [1.82, 2.24) is 4.98 Å². The normalized spacial score (nSPS) is 10.5. The Balaban J connectivity index is 2.83. The molecule has 0 aliphatic rings. The van der Waals surface area contributed by atoms with Crippen molar-refractivity contribution < 1.29 is 4.79 Å². The Morgan fingerprint density at radius 2 is 2.20 bits per heavy atom. The summed E-state index contributed by atoms with van der Waals surface area (Å²) >= 11 is 3.42. The third-order valence-corrected chi connectivity index (χ3v) is 2.98. The van der Waals surface area contributed by atoms with E-state index in [1.54, 1.807) is 13.1 Å². The standard InChI is InChI=1S/C12H10BrNO/c1-8(15)10-5-4-9(7-13)12-11(10)3-2-6-14-12/h2-6H,7H2,1H3. The molecule has 2 aromatic rings. The molecule has 0 atom stereocenters. The molecule has 1 aromatic heterocycles. The van der Waals surface area contributed by atoms with Gasteiger partial charge in [0.2, 0.25) is 0 Å². The van der Waals surface area contributed by atoms with Crippen LogP contribution in [0.25, 0.3) is 10.9 Å². The van der Waals surface area contributed by atoms with E-state index in [1.807, 2.05) is 24.3 Å². The van der Waals surface area contributed by atoms with Crippen LogP contribution in [0, 0.1) is 0 Å². The van der Waals surface area contributed by atoms with Crippen LogP contribution in [-0.4, -0.2) is 10.8 Å². The number of rotatable bonds is 2. The zero-order valence-corrected chi connectivity index (χ0v) is 9.91. The predicted octanol–water partition coefficient (Wildman–Crippen LogP) is 3.33. The van der Waals surface area contributed by atoms with E-state index in [-0.39, 0.29) is 5.78 Å². The minimum absolute atomic E-state index is 0.0779. The second-order valence-electron chi connectivity index (χ2n) is 3.36. The number of halogens is 1. The minimum Gasteiger partial charge on any atom is -0.294 e. The van der Waals surface area contributed by atoms with Crippen LogP contribution in [0.1, 0.15) is 22.8 Å². The number of carbonyl (C=O) groups excluding carboxylic acids is 1. The SMILES string of the molecule is CC(=O)c1ccc(CBr)c2ncccc12. The lowest BCUT2D eigenvalue weighted by Gasteiger charge is -2.06. The lowest BCUT2D eigenvalue weighted by molar-refractivity contribution is 0.101. The monoisotopic (exact) mass is 263 g/mol. The number of alkyl halides is 1. The van der Waals surface area contributed by atoms with Gasteiger partial charge in [0.05, 0.1) is 5.52 Å². The molecular weight excluding hydrogens is 254 g/mol. The molecule has 3 heteroatoms. The van der Waals surface area contributed by atoms with E-state index >= 15 is 0 Å². The second-order valence-corrected chi connectivity index (χ2v) is 3.92. The summed E-state index contributed by atoms with van der Waals surface area (Å²) in [5.74, 6) is 0.0779. The molecule has 2 rings (SSSR count). The number of benzene rings is 1. The first kappa shape index (κ1) is 10.3. The summed E-state index contributed by atoms with van der Waals surface area (Å²) in [6, 6.07) is 7.60. The Morgan fingerprint density at radius 1 is 1.40 bits per heavy atom. The molecule has 0 bridgehead atoms. The van der Waals surface area contributed by atoms with Crippen LogP contribution in [0.5, 0.6) is 0 Å². The van der Waals surface area contributed by atoms with Crippen molar-refractivity contribution in [3.05, 3.63) is 41.6 Å². The summed E-state index contributed by atoms with van der Waals surface area (Å²) in [6.45, 7) is 1.58. The molecule has 0 saturated heterocycles. The number of fused-ring (bicyclic) bond motifs is 1. The number of Topliss-reactive ketones (excluding diaryl/α,β-unsaturated/α-hetero) is 1.